The third-order valence-corrected chi connectivity index (χ3v) is 4.34. The molecule has 2 heterocycles. The number of oxime groups is 1. The average molecular weight is 403 g/mol. The van der Waals surface area contributed by atoms with Crippen LogP contribution in [0.4, 0.5) is 0 Å². The lowest BCUT2D eigenvalue weighted by Crippen LogP contribution is -2.29. The zero-order chi connectivity index (χ0) is 21.0. The first-order chi connectivity index (χ1) is 14.5. The van der Waals surface area contributed by atoms with Gasteiger partial charge in [0.05, 0.1) is 12.9 Å². The van der Waals surface area contributed by atoms with Gasteiger partial charge >= 0.3 is 5.97 Å². The molecule has 1 aliphatic rings. The summed E-state index contributed by atoms with van der Waals surface area (Å²) < 4.78 is 13.4. The Balaban J connectivity index is 1.54. The molecule has 152 valence electrons. The molecule has 1 aromatic heterocycles. The van der Waals surface area contributed by atoms with E-state index in [4.69, 9.17) is 14.3 Å². The Bertz CT molecular complexity index is 1090. The summed E-state index contributed by atoms with van der Waals surface area (Å²) in [6, 6.07) is 15.0. The van der Waals surface area contributed by atoms with E-state index in [1.165, 1.54) is 6.08 Å². The highest BCUT2D eigenvalue weighted by atomic mass is 16.7. The maximum atomic E-state index is 12.1. The van der Waals surface area contributed by atoms with Gasteiger partial charge in [0.2, 0.25) is 5.79 Å². The Hall–Kier alpha value is -3.87. The van der Waals surface area contributed by atoms with Crippen LogP contribution in [0.25, 0.3) is 6.08 Å². The topological polar surface area (TPSA) is 74.9 Å². The molecule has 7 nitrogen and oxygen atoms in total. The Labute approximate surface area is 174 Å². The summed E-state index contributed by atoms with van der Waals surface area (Å²) in [5, 5.41) is 4.11. The second-order valence-corrected chi connectivity index (χ2v) is 7.19. The zero-order valence-corrected chi connectivity index (χ0v) is 16.7. The van der Waals surface area contributed by atoms with E-state index in [-0.39, 0.29) is 0 Å². The Morgan fingerprint density at radius 3 is 2.73 bits per heavy atom. The van der Waals surface area contributed by atoms with Gasteiger partial charge in [0.1, 0.15) is 5.71 Å². The van der Waals surface area contributed by atoms with Gasteiger partial charge < -0.3 is 18.9 Å². The average Bonchev–Trinajstić information content (AvgIpc) is 3.35. The molecule has 2 aromatic carbocycles. The van der Waals surface area contributed by atoms with E-state index in [2.05, 4.69) is 10.1 Å². The van der Waals surface area contributed by atoms with Crippen molar-refractivity contribution < 1.29 is 19.1 Å². The quantitative estimate of drug-likeness (QED) is 0.269. The molecule has 0 bridgehead atoms. The lowest BCUT2D eigenvalue weighted by atomic mass is 10.1. The predicted molar refractivity (Wildman–Crippen MR) is 112 cm³/mol. The minimum Gasteiger partial charge on any atom is -0.449 e. The van der Waals surface area contributed by atoms with Crippen molar-refractivity contribution >= 4 is 17.8 Å². The van der Waals surface area contributed by atoms with Crippen LogP contribution in [0.15, 0.2) is 78.5 Å². The molecular weight excluding hydrogens is 382 g/mol. The summed E-state index contributed by atoms with van der Waals surface area (Å²) in [5.74, 6) is -0.0133. The van der Waals surface area contributed by atoms with Crippen molar-refractivity contribution in [1.82, 2.24) is 9.55 Å². The molecule has 0 saturated carbocycles. The molecule has 0 N–H and O–H groups in total. The Morgan fingerprint density at radius 2 is 1.97 bits per heavy atom. The monoisotopic (exact) mass is 403 g/mol. The minimum atomic E-state index is -0.725. The summed E-state index contributed by atoms with van der Waals surface area (Å²) in [5.41, 5.74) is 2.20. The number of nitrogens with zero attached hydrogens (tertiary/aromatic N) is 3. The fraction of sp³-hybridized carbons (Fsp3) is 0.174. The fourth-order valence-corrected chi connectivity index (χ4v) is 2.99. The van der Waals surface area contributed by atoms with Crippen LogP contribution in [0, 0.1) is 0 Å². The van der Waals surface area contributed by atoms with Crippen molar-refractivity contribution in [2.24, 2.45) is 5.16 Å². The molecule has 0 amide bonds. The van der Waals surface area contributed by atoms with Crippen LogP contribution in [0.3, 0.4) is 0 Å². The van der Waals surface area contributed by atoms with Crippen LogP contribution in [-0.4, -0.2) is 27.0 Å². The van der Waals surface area contributed by atoms with Gasteiger partial charge in [-0.2, -0.15) is 0 Å². The van der Waals surface area contributed by atoms with Gasteiger partial charge in [-0.15, -0.1) is 0 Å². The van der Waals surface area contributed by atoms with E-state index in [1.54, 1.807) is 18.6 Å². The summed E-state index contributed by atoms with van der Waals surface area (Å²) in [7, 11) is 0. The van der Waals surface area contributed by atoms with Gasteiger partial charge in [0.15, 0.2) is 11.5 Å². The van der Waals surface area contributed by atoms with Crippen LogP contribution in [0.5, 0.6) is 11.5 Å². The molecule has 0 spiro atoms. The van der Waals surface area contributed by atoms with Gasteiger partial charge in [-0.3, -0.25) is 0 Å². The number of imidazole rings is 1. The largest absolute Gasteiger partial charge is 0.449 e. The number of rotatable bonds is 6. The molecule has 0 radical (unpaired) electrons. The number of hydrogen-bond acceptors (Lipinski definition) is 6. The molecule has 0 atom stereocenters. The van der Waals surface area contributed by atoms with E-state index in [0.717, 1.165) is 11.1 Å². The van der Waals surface area contributed by atoms with Crippen molar-refractivity contribution in [1.29, 1.82) is 0 Å². The molecule has 0 saturated heterocycles. The second kappa shape index (κ2) is 8.24. The molecule has 0 aliphatic carbocycles. The second-order valence-electron chi connectivity index (χ2n) is 7.19. The number of fused-ring (bicyclic) bond motifs is 1. The lowest BCUT2D eigenvalue weighted by molar-refractivity contribution is -0.137. The Morgan fingerprint density at radius 1 is 1.17 bits per heavy atom. The van der Waals surface area contributed by atoms with Crippen LogP contribution in [-0.2, 0) is 16.2 Å². The predicted octanol–water partition coefficient (Wildman–Crippen LogP) is 4.05. The normalized spacial score (nSPS) is 14.8. The minimum absolute atomic E-state index is 0.374. The molecule has 3 aromatic rings. The lowest BCUT2D eigenvalue weighted by Gasteiger charge is -2.16. The van der Waals surface area contributed by atoms with Crippen LogP contribution in [0.2, 0.25) is 0 Å². The maximum Gasteiger partial charge on any atom is 0.358 e. The van der Waals surface area contributed by atoms with Gasteiger partial charge in [-0.25, -0.2) is 9.78 Å². The van der Waals surface area contributed by atoms with Crippen LogP contribution >= 0.6 is 0 Å². The van der Waals surface area contributed by atoms with Gasteiger partial charge in [-0.05, 0) is 29.8 Å². The van der Waals surface area contributed by atoms with Crippen molar-refractivity contribution in [2.75, 3.05) is 0 Å². The number of aromatic nitrogens is 2. The van der Waals surface area contributed by atoms with E-state index in [9.17, 15) is 4.79 Å². The first-order valence-corrected chi connectivity index (χ1v) is 9.48. The van der Waals surface area contributed by atoms with Crippen molar-refractivity contribution in [3.05, 3.63) is 84.5 Å². The summed E-state index contributed by atoms with van der Waals surface area (Å²) >= 11 is 0. The molecule has 0 fully saturated rings. The first-order valence-electron chi connectivity index (χ1n) is 9.48. The highest BCUT2D eigenvalue weighted by molar-refractivity contribution is 6.01. The summed E-state index contributed by atoms with van der Waals surface area (Å²) in [4.78, 5) is 21.3. The molecule has 7 heteroatoms. The molecule has 0 unspecified atom stereocenters. The number of carbonyl (C=O) groups excluding carboxylic acids is 1. The Kier molecular flexibility index (Phi) is 5.34. The summed E-state index contributed by atoms with van der Waals surface area (Å²) in [6.07, 6.45) is 8.17. The standard InChI is InChI=1S/C23H21N3O4/c1-23(2)28-20-10-9-18(14-21(20)29-23)19(15-26-13-12-24-16-26)25-30-22(27)11-8-17-6-4-3-5-7-17/h3-14,16H,15H2,1-2H3/b11-8+,25-19+. The maximum absolute atomic E-state index is 12.1. The highest BCUT2D eigenvalue weighted by Gasteiger charge is 2.32. The van der Waals surface area contributed by atoms with Gasteiger partial charge in [-0.1, -0.05) is 35.5 Å². The number of carbonyl (C=O) groups is 1. The third kappa shape index (κ3) is 4.75. The number of ether oxygens (including phenoxy) is 2. The van der Waals surface area contributed by atoms with E-state index in [0.29, 0.717) is 23.8 Å². The SMILES string of the molecule is CC1(C)Oc2ccc(/C(Cn3ccnc3)=N/OC(=O)/C=C/c3ccccc3)cc2O1. The van der Waals surface area contributed by atoms with E-state index < -0.39 is 11.8 Å². The zero-order valence-electron chi connectivity index (χ0n) is 16.7. The van der Waals surface area contributed by atoms with Crippen LogP contribution < -0.4 is 9.47 Å². The van der Waals surface area contributed by atoms with Crippen molar-refractivity contribution in [2.45, 2.75) is 26.2 Å². The van der Waals surface area contributed by atoms with Gasteiger partial charge in [0, 0.05) is 37.9 Å². The van der Waals surface area contributed by atoms with Crippen molar-refractivity contribution in [3.63, 3.8) is 0 Å². The molecule has 4 rings (SSSR count). The fourth-order valence-electron chi connectivity index (χ4n) is 2.99. The van der Waals surface area contributed by atoms with Crippen molar-refractivity contribution in [3.8, 4) is 11.5 Å². The molecule has 30 heavy (non-hydrogen) atoms. The van der Waals surface area contributed by atoms with E-state index >= 15 is 0 Å². The number of hydrogen-bond donors (Lipinski definition) is 0. The highest BCUT2D eigenvalue weighted by Crippen LogP contribution is 2.39. The third-order valence-electron chi connectivity index (χ3n) is 4.34. The van der Waals surface area contributed by atoms with E-state index in [1.807, 2.05) is 73.1 Å². The smallest absolute Gasteiger partial charge is 0.358 e. The molecule has 1 aliphatic heterocycles. The first kappa shape index (κ1) is 19.4. The molecular formula is C23H21N3O4. The number of benzene rings is 2. The van der Waals surface area contributed by atoms with Crippen LogP contribution in [0.1, 0.15) is 25.0 Å². The van der Waals surface area contributed by atoms with Gasteiger partial charge in [0.25, 0.3) is 0 Å². The summed E-state index contributed by atoms with van der Waals surface area (Å²) in [6.45, 7) is 4.06.